The van der Waals surface area contributed by atoms with Crippen molar-refractivity contribution in [3.8, 4) is 0 Å². The number of hydrogen-bond acceptors (Lipinski definition) is 1. The molecular weight excluding hydrogens is 254 g/mol. The minimum Gasteiger partial charge on any atom is -0.310 e. The highest BCUT2D eigenvalue weighted by Crippen LogP contribution is 2.34. The Bertz CT molecular complexity index is 657. The molecule has 0 fully saturated rings. The Morgan fingerprint density at radius 1 is 1.05 bits per heavy atom. The molecule has 0 spiro atoms. The molecule has 0 radical (unpaired) electrons. The quantitative estimate of drug-likeness (QED) is 0.862. The van der Waals surface area contributed by atoms with Crippen LogP contribution in [-0.2, 0) is 6.42 Å². The van der Waals surface area contributed by atoms with E-state index in [-0.39, 0.29) is 0 Å². The third-order valence-electron chi connectivity index (χ3n) is 4.98. The van der Waals surface area contributed by atoms with Crippen molar-refractivity contribution in [2.24, 2.45) is 0 Å². The molecule has 0 amide bonds. The van der Waals surface area contributed by atoms with Crippen LogP contribution in [-0.4, -0.2) is 6.54 Å². The molecule has 0 saturated carbocycles. The molecule has 1 nitrogen and oxygen atoms in total. The van der Waals surface area contributed by atoms with Crippen molar-refractivity contribution in [2.75, 3.05) is 6.54 Å². The van der Waals surface area contributed by atoms with E-state index in [0.29, 0.717) is 12.0 Å². The molecule has 0 aliphatic heterocycles. The van der Waals surface area contributed by atoms with E-state index in [1.807, 2.05) is 0 Å². The van der Waals surface area contributed by atoms with Gasteiger partial charge in [-0.2, -0.15) is 0 Å². The molecule has 3 rings (SSSR count). The molecular formula is C20H25N. The number of nitrogens with one attached hydrogen (secondary N) is 1. The fourth-order valence-corrected chi connectivity index (χ4v) is 3.42. The van der Waals surface area contributed by atoms with Gasteiger partial charge in [0.25, 0.3) is 0 Å². The van der Waals surface area contributed by atoms with Crippen LogP contribution in [0.25, 0.3) is 0 Å². The summed E-state index contributed by atoms with van der Waals surface area (Å²) < 4.78 is 0. The maximum Gasteiger partial charge on any atom is 0.0294 e. The Kier molecular flexibility index (Phi) is 3.86. The fraction of sp³-hybridized carbons (Fsp3) is 0.400. The fourth-order valence-electron chi connectivity index (χ4n) is 3.42. The van der Waals surface area contributed by atoms with Crippen molar-refractivity contribution in [2.45, 2.75) is 46.1 Å². The van der Waals surface area contributed by atoms with Crippen LogP contribution in [0, 0.1) is 20.8 Å². The van der Waals surface area contributed by atoms with Gasteiger partial charge >= 0.3 is 0 Å². The summed E-state index contributed by atoms with van der Waals surface area (Å²) in [5.74, 6) is 0.690. The summed E-state index contributed by atoms with van der Waals surface area (Å²) in [5.41, 5.74) is 8.67. The summed E-state index contributed by atoms with van der Waals surface area (Å²) in [6.07, 6.45) is 1.22. The van der Waals surface area contributed by atoms with E-state index >= 15 is 0 Å². The van der Waals surface area contributed by atoms with Crippen LogP contribution in [0.3, 0.4) is 0 Å². The molecule has 0 saturated heterocycles. The lowest BCUT2D eigenvalue weighted by atomic mass is 9.77. The molecule has 2 atom stereocenters. The molecule has 0 heterocycles. The van der Waals surface area contributed by atoms with Gasteiger partial charge in [0.2, 0.25) is 0 Å². The maximum atomic E-state index is 3.73. The van der Waals surface area contributed by atoms with Crippen molar-refractivity contribution in [3.63, 3.8) is 0 Å². The molecule has 2 unspecified atom stereocenters. The molecule has 110 valence electrons. The second-order valence-electron chi connectivity index (χ2n) is 6.52. The van der Waals surface area contributed by atoms with Gasteiger partial charge in [0.15, 0.2) is 0 Å². The molecule has 0 aromatic heterocycles. The summed E-state index contributed by atoms with van der Waals surface area (Å²) in [6.45, 7) is 9.97. The van der Waals surface area contributed by atoms with E-state index in [4.69, 9.17) is 0 Å². The van der Waals surface area contributed by atoms with Gasteiger partial charge in [-0.3, -0.25) is 0 Å². The molecule has 1 heteroatoms. The highest BCUT2D eigenvalue weighted by atomic mass is 14.9. The summed E-state index contributed by atoms with van der Waals surface area (Å²) in [7, 11) is 0. The van der Waals surface area contributed by atoms with Gasteiger partial charge in [-0.1, -0.05) is 36.4 Å². The monoisotopic (exact) mass is 279 g/mol. The highest BCUT2D eigenvalue weighted by molar-refractivity contribution is 5.41. The average molecular weight is 279 g/mol. The van der Waals surface area contributed by atoms with Crippen molar-refractivity contribution >= 4 is 0 Å². The zero-order valence-electron chi connectivity index (χ0n) is 13.5. The minimum atomic E-state index is 0.414. The molecule has 2 aromatic rings. The Balaban J connectivity index is 1.66. The lowest BCUT2D eigenvalue weighted by Crippen LogP contribution is -2.31. The first-order chi connectivity index (χ1) is 10.1. The topological polar surface area (TPSA) is 12.0 Å². The van der Waals surface area contributed by atoms with Crippen LogP contribution in [0.1, 0.15) is 52.3 Å². The van der Waals surface area contributed by atoms with Crippen LogP contribution in [0.15, 0.2) is 36.4 Å². The molecule has 1 N–H and O–H groups in total. The summed E-state index contributed by atoms with van der Waals surface area (Å²) in [6, 6.07) is 13.9. The van der Waals surface area contributed by atoms with Gasteiger partial charge in [-0.15, -0.1) is 0 Å². The lowest BCUT2D eigenvalue weighted by molar-refractivity contribution is 0.488. The van der Waals surface area contributed by atoms with Crippen molar-refractivity contribution in [1.82, 2.24) is 5.32 Å². The standard InChI is InChI=1S/C20H25N/c1-13-9-15(3)20(10-14(13)2)16(4)21-12-18-11-17-7-5-6-8-19(17)18/h5-10,16,18,21H,11-12H2,1-4H3. The van der Waals surface area contributed by atoms with Gasteiger partial charge in [0.05, 0.1) is 0 Å². The number of fused-ring (bicyclic) bond motifs is 1. The van der Waals surface area contributed by atoms with E-state index in [1.54, 1.807) is 0 Å². The van der Waals surface area contributed by atoms with Gasteiger partial charge in [-0.25, -0.2) is 0 Å². The van der Waals surface area contributed by atoms with E-state index in [2.05, 4.69) is 69.4 Å². The lowest BCUT2D eigenvalue weighted by Gasteiger charge is -2.31. The second kappa shape index (κ2) is 5.65. The zero-order chi connectivity index (χ0) is 15.0. The van der Waals surface area contributed by atoms with Crippen LogP contribution in [0.4, 0.5) is 0 Å². The summed E-state index contributed by atoms with van der Waals surface area (Å²) in [4.78, 5) is 0. The smallest absolute Gasteiger partial charge is 0.0294 e. The third-order valence-corrected chi connectivity index (χ3v) is 4.98. The van der Waals surface area contributed by atoms with E-state index < -0.39 is 0 Å². The van der Waals surface area contributed by atoms with E-state index in [9.17, 15) is 0 Å². The predicted octanol–water partition coefficient (Wildman–Crippen LogP) is 4.60. The molecule has 21 heavy (non-hydrogen) atoms. The number of hydrogen-bond donors (Lipinski definition) is 1. The molecule has 2 aromatic carbocycles. The summed E-state index contributed by atoms with van der Waals surface area (Å²) >= 11 is 0. The Labute approximate surface area is 128 Å². The zero-order valence-corrected chi connectivity index (χ0v) is 13.5. The van der Waals surface area contributed by atoms with Gasteiger partial charge in [-0.05, 0) is 67.5 Å². The number of benzene rings is 2. The first kappa shape index (κ1) is 14.3. The largest absolute Gasteiger partial charge is 0.310 e. The molecule has 1 aliphatic carbocycles. The van der Waals surface area contributed by atoms with Gasteiger partial charge in [0.1, 0.15) is 0 Å². The predicted molar refractivity (Wildman–Crippen MR) is 90.0 cm³/mol. The second-order valence-corrected chi connectivity index (χ2v) is 6.52. The number of rotatable bonds is 4. The summed E-state index contributed by atoms with van der Waals surface area (Å²) in [5, 5.41) is 3.73. The Morgan fingerprint density at radius 3 is 2.52 bits per heavy atom. The number of aryl methyl sites for hydroxylation is 3. The Hall–Kier alpha value is -1.60. The first-order valence-corrected chi connectivity index (χ1v) is 7.95. The van der Waals surface area contributed by atoms with Crippen molar-refractivity contribution in [1.29, 1.82) is 0 Å². The first-order valence-electron chi connectivity index (χ1n) is 7.95. The van der Waals surface area contributed by atoms with Crippen molar-refractivity contribution < 1.29 is 0 Å². The molecule has 1 aliphatic rings. The SMILES string of the molecule is Cc1cc(C)c(C(C)NCC2Cc3ccccc32)cc1C. The molecule has 0 bridgehead atoms. The Morgan fingerprint density at radius 2 is 1.76 bits per heavy atom. The normalized spacial score (nSPS) is 18.0. The van der Waals surface area contributed by atoms with E-state index in [0.717, 1.165) is 6.54 Å². The van der Waals surface area contributed by atoms with Gasteiger partial charge in [0, 0.05) is 18.5 Å². The van der Waals surface area contributed by atoms with Crippen LogP contribution >= 0.6 is 0 Å². The highest BCUT2D eigenvalue weighted by Gasteiger charge is 2.25. The minimum absolute atomic E-state index is 0.414. The maximum absolute atomic E-state index is 3.73. The van der Waals surface area contributed by atoms with Crippen molar-refractivity contribution in [3.05, 3.63) is 69.8 Å². The van der Waals surface area contributed by atoms with Gasteiger partial charge < -0.3 is 5.32 Å². The van der Waals surface area contributed by atoms with Crippen LogP contribution in [0.5, 0.6) is 0 Å². The average Bonchev–Trinajstić information content (AvgIpc) is 2.43. The third kappa shape index (κ3) is 2.75. The van der Waals surface area contributed by atoms with Crippen LogP contribution in [0.2, 0.25) is 0 Å². The van der Waals surface area contributed by atoms with Crippen LogP contribution < -0.4 is 5.32 Å². The van der Waals surface area contributed by atoms with E-state index in [1.165, 1.54) is 39.8 Å².